The molecule has 3 aromatic carbocycles. The molecule has 0 atom stereocenters. The minimum absolute atomic E-state index is 0.168. The third-order valence-electron chi connectivity index (χ3n) is 3.73. The summed E-state index contributed by atoms with van der Waals surface area (Å²) in [5, 5.41) is 2.14. The molecule has 124 valence electrons. The van der Waals surface area contributed by atoms with Crippen molar-refractivity contribution in [3.8, 4) is 5.75 Å². The monoisotopic (exact) mass is 332 g/mol. The summed E-state index contributed by atoms with van der Waals surface area (Å²) in [5.41, 5.74) is 1.12. The van der Waals surface area contributed by atoms with E-state index in [0.717, 1.165) is 16.3 Å². The van der Waals surface area contributed by atoms with E-state index in [1.165, 1.54) is 13.2 Å². The number of hydrogen-bond acceptors (Lipinski definition) is 4. The van der Waals surface area contributed by atoms with Gasteiger partial charge in [-0.15, -0.1) is 0 Å². The van der Waals surface area contributed by atoms with E-state index in [9.17, 15) is 9.59 Å². The Balaban J connectivity index is 1.81. The van der Waals surface area contributed by atoms with Crippen molar-refractivity contribution in [2.24, 2.45) is 0 Å². The molecule has 0 spiro atoms. The smallest absolute Gasteiger partial charge is 0.341 e. The molecule has 0 bridgehead atoms. The molecule has 0 aliphatic rings. The van der Waals surface area contributed by atoms with E-state index in [1.807, 2.05) is 42.5 Å². The van der Waals surface area contributed by atoms with E-state index in [1.54, 1.807) is 30.3 Å². The van der Waals surface area contributed by atoms with Crippen LogP contribution in [-0.4, -0.2) is 19.0 Å². The van der Waals surface area contributed by atoms with Crippen LogP contribution in [0, 0.1) is 0 Å². The number of rotatable bonds is 4. The number of benzene rings is 3. The van der Waals surface area contributed by atoms with Crippen LogP contribution in [-0.2, 0) is 9.53 Å². The van der Waals surface area contributed by atoms with Crippen molar-refractivity contribution >= 4 is 28.8 Å². The zero-order chi connectivity index (χ0) is 17.6. The molecule has 3 rings (SSSR count). The van der Waals surface area contributed by atoms with Crippen molar-refractivity contribution in [3.05, 3.63) is 83.9 Å². The summed E-state index contributed by atoms with van der Waals surface area (Å²) in [6.07, 6.45) is 3.04. The Bertz CT molecular complexity index is 952. The summed E-state index contributed by atoms with van der Waals surface area (Å²) in [4.78, 5) is 23.8. The van der Waals surface area contributed by atoms with Crippen molar-refractivity contribution in [3.63, 3.8) is 0 Å². The quantitative estimate of drug-likeness (QED) is 0.407. The van der Waals surface area contributed by atoms with Gasteiger partial charge in [-0.1, -0.05) is 54.6 Å². The van der Waals surface area contributed by atoms with E-state index in [-0.39, 0.29) is 11.3 Å². The minimum atomic E-state index is -0.565. The molecule has 4 heteroatoms. The fourth-order valence-electron chi connectivity index (χ4n) is 2.53. The number of ether oxygens (including phenoxy) is 2. The lowest BCUT2D eigenvalue weighted by molar-refractivity contribution is -0.128. The zero-order valence-electron chi connectivity index (χ0n) is 13.6. The summed E-state index contributed by atoms with van der Waals surface area (Å²) >= 11 is 0. The lowest BCUT2D eigenvalue weighted by atomic mass is 10.0. The van der Waals surface area contributed by atoms with Crippen LogP contribution in [0.4, 0.5) is 0 Å². The normalized spacial score (nSPS) is 10.8. The molecule has 4 nitrogen and oxygen atoms in total. The molecule has 0 aliphatic carbocycles. The Morgan fingerprint density at radius 3 is 2.44 bits per heavy atom. The predicted molar refractivity (Wildman–Crippen MR) is 96.4 cm³/mol. The SMILES string of the molecule is COC(=O)c1ccccc1OC(=O)C=Cc1cccc2ccccc12. The van der Waals surface area contributed by atoms with Crippen molar-refractivity contribution < 1.29 is 19.1 Å². The average Bonchev–Trinajstić information content (AvgIpc) is 2.66. The summed E-state index contributed by atoms with van der Waals surface area (Å²) < 4.78 is 9.96. The van der Waals surface area contributed by atoms with E-state index >= 15 is 0 Å². The molecular formula is C21H16O4. The summed E-state index contributed by atoms with van der Waals surface area (Å²) in [6, 6.07) is 20.2. The maximum atomic E-state index is 12.1. The van der Waals surface area contributed by atoms with Crippen molar-refractivity contribution in [1.82, 2.24) is 0 Å². The van der Waals surface area contributed by atoms with Gasteiger partial charge in [0.2, 0.25) is 0 Å². The largest absolute Gasteiger partial charge is 0.465 e. The molecule has 0 saturated carbocycles. The molecule has 0 saturated heterocycles. The van der Waals surface area contributed by atoms with Crippen LogP contribution < -0.4 is 4.74 Å². The first kappa shape index (κ1) is 16.5. The van der Waals surface area contributed by atoms with Crippen molar-refractivity contribution in [2.45, 2.75) is 0 Å². The summed E-state index contributed by atoms with van der Waals surface area (Å²) in [5.74, 6) is -0.951. The van der Waals surface area contributed by atoms with Crippen LogP contribution in [0.15, 0.2) is 72.8 Å². The highest BCUT2D eigenvalue weighted by Crippen LogP contribution is 2.21. The van der Waals surface area contributed by atoms with Gasteiger partial charge in [0.1, 0.15) is 11.3 Å². The second kappa shape index (κ2) is 7.45. The van der Waals surface area contributed by atoms with E-state index in [0.29, 0.717) is 0 Å². The van der Waals surface area contributed by atoms with Gasteiger partial charge in [-0.2, -0.15) is 0 Å². The van der Waals surface area contributed by atoms with E-state index < -0.39 is 11.9 Å². The number of para-hydroxylation sites is 1. The van der Waals surface area contributed by atoms with Gasteiger partial charge >= 0.3 is 11.9 Å². The number of methoxy groups -OCH3 is 1. The maximum Gasteiger partial charge on any atom is 0.341 e. The Hall–Kier alpha value is -3.40. The minimum Gasteiger partial charge on any atom is -0.465 e. The number of fused-ring (bicyclic) bond motifs is 1. The number of hydrogen-bond donors (Lipinski definition) is 0. The fourth-order valence-corrected chi connectivity index (χ4v) is 2.53. The third kappa shape index (κ3) is 3.75. The molecule has 0 aromatic heterocycles. The van der Waals surface area contributed by atoms with Crippen LogP contribution in [0.1, 0.15) is 15.9 Å². The van der Waals surface area contributed by atoms with Gasteiger partial charge in [0.05, 0.1) is 7.11 Å². The second-order valence-corrected chi connectivity index (χ2v) is 5.31. The van der Waals surface area contributed by atoms with Gasteiger partial charge in [0, 0.05) is 6.08 Å². The molecule has 0 heterocycles. The van der Waals surface area contributed by atoms with Crippen molar-refractivity contribution in [2.75, 3.05) is 7.11 Å². The highest BCUT2D eigenvalue weighted by atomic mass is 16.5. The Morgan fingerprint density at radius 1 is 0.880 bits per heavy atom. The zero-order valence-corrected chi connectivity index (χ0v) is 13.6. The van der Waals surface area contributed by atoms with Crippen LogP contribution in [0.2, 0.25) is 0 Å². The van der Waals surface area contributed by atoms with E-state index in [4.69, 9.17) is 4.74 Å². The average molecular weight is 332 g/mol. The standard InChI is InChI=1S/C21H16O4/c1-24-21(23)18-11-4-5-12-19(18)25-20(22)14-13-16-9-6-8-15-7-2-3-10-17(15)16/h2-14H,1H3. The number of carbonyl (C=O) groups is 2. The first-order valence-corrected chi connectivity index (χ1v) is 7.74. The molecule has 25 heavy (non-hydrogen) atoms. The molecule has 0 aliphatic heterocycles. The highest BCUT2D eigenvalue weighted by molar-refractivity contribution is 5.97. The lowest BCUT2D eigenvalue weighted by Gasteiger charge is -2.07. The Kier molecular flexibility index (Phi) is 4.90. The van der Waals surface area contributed by atoms with Crippen LogP contribution in [0.25, 0.3) is 16.8 Å². The van der Waals surface area contributed by atoms with Gasteiger partial charge in [-0.25, -0.2) is 9.59 Å². The third-order valence-corrected chi connectivity index (χ3v) is 3.73. The first-order valence-electron chi connectivity index (χ1n) is 7.74. The summed E-state index contributed by atoms with van der Waals surface area (Å²) in [6.45, 7) is 0. The van der Waals surface area contributed by atoms with Crippen LogP contribution in [0.3, 0.4) is 0 Å². The first-order chi connectivity index (χ1) is 12.2. The number of esters is 2. The Morgan fingerprint density at radius 2 is 1.60 bits per heavy atom. The van der Waals surface area contributed by atoms with Gasteiger partial charge in [-0.3, -0.25) is 0 Å². The second-order valence-electron chi connectivity index (χ2n) is 5.31. The molecule has 0 fully saturated rings. The molecule has 3 aromatic rings. The topological polar surface area (TPSA) is 52.6 Å². The van der Waals surface area contributed by atoms with E-state index in [2.05, 4.69) is 4.74 Å². The molecular weight excluding hydrogens is 316 g/mol. The van der Waals surface area contributed by atoms with Gasteiger partial charge in [-0.05, 0) is 34.5 Å². The van der Waals surface area contributed by atoms with Crippen molar-refractivity contribution in [1.29, 1.82) is 0 Å². The van der Waals surface area contributed by atoms with Gasteiger partial charge in [0.25, 0.3) is 0 Å². The van der Waals surface area contributed by atoms with Gasteiger partial charge in [0.15, 0.2) is 0 Å². The van der Waals surface area contributed by atoms with Crippen LogP contribution in [0.5, 0.6) is 5.75 Å². The maximum absolute atomic E-state index is 12.1. The molecule has 0 unspecified atom stereocenters. The Labute approximate surface area is 145 Å². The molecule has 0 amide bonds. The highest BCUT2D eigenvalue weighted by Gasteiger charge is 2.14. The lowest BCUT2D eigenvalue weighted by Crippen LogP contribution is -2.09. The van der Waals surface area contributed by atoms with Crippen LogP contribution >= 0.6 is 0 Å². The predicted octanol–water partition coefficient (Wildman–Crippen LogP) is 4.25. The molecule has 0 radical (unpaired) electrons. The number of carbonyl (C=O) groups excluding carboxylic acids is 2. The summed E-state index contributed by atoms with van der Waals surface area (Å²) in [7, 11) is 1.28. The fraction of sp³-hybridized carbons (Fsp3) is 0.0476. The van der Waals surface area contributed by atoms with Gasteiger partial charge < -0.3 is 9.47 Å². The molecule has 0 N–H and O–H groups in total.